The second-order valence-corrected chi connectivity index (χ2v) is 6.24. The molecule has 0 aromatic heterocycles. The number of hydrogen-bond donors (Lipinski definition) is 1. The van der Waals surface area contributed by atoms with Crippen LogP contribution < -0.4 is 9.64 Å². The van der Waals surface area contributed by atoms with E-state index in [0.717, 1.165) is 12.5 Å². The molecule has 2 aromatic rings. The molecule has 1 saturated heterocycles. The number of ether oxygens (including phenoxy) is 1. The van der Waals surface area contributed by atoms with E-state index >= 15 is 0 Å². The largest absolute Gasteiger partial charge is 0.500 e. The van der Waals surface area contributed by atoms with Crippen molar-refractivity contribution in [3.05, 3.63) is 63.7 Å². The van der Waals surface area contributed by atoms with Gasteiger partial charge in [0.05, 0.1) is 12.0 Å². The number of carbonyl (C=O) groups excluding carboxylic acids is 2. The highest BCUT2D eigenvalue weighted by atomic mass is 16.6. The minimum atomic E-state index is -0.729. The van der Waals surface area contributed by atoms with Crippen LogP contribution in [0.1, 0.15) is 28.8 Å². The van der Waals surface area contributed by atoms with Crippen LogP contribution in [0.2, 0.25) is 0 Å². The van der Waals surface area contributed by atoms with Crippen molar-refractivity contribution in [3.63, 3.8) is 0 Å². The van der Waals surface area contributed by atoms with E-state index in [2.05, 4.69) is 0 Å². The van der Waals surface area contributed by atoms with Crippen molar-refractivity contribution in [3.8, 4) is 11.5 Å². The molecule has 0 radical (unpaired) electrons. The fourth-order valence-corrected chi connectivity index (χ4v) is 3.02. The van der Waals surface area contributed by atoms with E-state index in [9.17, 15) is 24.8 Å². The Bertz CT molecular complexity index is 983. The summed E-state index contributed by atoms with van der Waals surface area (Å²) in [5.74, 6) is -0.915. The number of nitro groups is 1. The van der Waals surface area contributed by atoms with Gasteiger partial charge in [0.1, 0.15) is 0 Å². The molecule has 1 amide bonds. The lowest BCUT2D eigenvalue weighted by molar-refractivity contribution is -0.386. The van der Waals surface area contributed by atoms with E-state index in [4.69, 9.17) is 4.74 Å². The highest BCUT2D eigenvalue weighted by molar-refractivity contribution is 6.08. The molecular weight excluding hydrogens is 364 g/mol. The highest BCUT2D eigenvalue weighted by Gasteiger charge is 2.22. The number of hydrogen-bond acceptors (Lipinski definition) is 6. The van der Waals surface area contributed by atoms with E-state index in [1.807, 2.05) is 0 Å². The monoisotopic (exact) mass is 382 g/mol. The molecule has 8 heteroatoms. The van der Waals surface area contributed by atoms with Crippen molar-refractivity contribution in [2.45, 2.75) is 12.8 Å². The van der Waals surface area contributed by atoms with Crippen LogP contribution in [0.5, 0.6) is 11.5 Å². The number of amides is 1. The Hall–Kier alpha value is -3.68. The molecule has 28 heavy (non-hydrogen) atoms. The molecule has 1 aliphatic heterocycles. The molecule has 1 heterocycles. The predicted molar refractivity (Wildman–Crippen MR) is 103 cm³/mol. The SMILES string of the molecule is COc1cc(/C=C/C(=O)c2cccc(N3CCCC3=O)c2)cc([N+](=O)[O-])c1O. The van der Waals surface area contributed by atoms with Crippen LogP contribution in [0.3, 0.4) is 0 Å². The zero-order chi connectivity index (χ0) is 20.3. The van der Waals surface area contributed by atoms with Crippen molar-refractivity contribution in [1.82, 2.24) is 0 Å². The van der Waals surface area contributed by atoms with Gasteiger partial charge in [-0.15, -0.1) is 0 Å². The summed E-state index contributed by atoms with van der Waals surface area (Å²) >= 11 is 0. The molecule has 0 aliphatic carbocycles. The highest BCUT2D eigenvalue weighted by Crippen LogP contribution is 2.37. The van der Waals surface area contributed by atoms with E-state index in [-0.39, 0.29) is 17.4 Å². The minimum Gasteiger partial charge on any atom is -0.500 e. The van der Waals surface area contributed by atoms with Crippen molar-refractivity contribution >= 4 is 29.1 Å². The molecule has 1 N–H and O–H groups in total. The van der Waals surface area contributed by atoms with E-state index in [0.29, 0.717) is 29.8 Å². The van der Waals surface area contributed by atoms with Crippen LogP contribution in [0, 0.1) is 10.1 Å². The maximum absolute atomic E-state index is 12.5. The molecule has 1 aliphatic rings. The van der Waals surface area contributed by atoms with Gasteiger partial charge in [-0.3, -0.25) is 19.7 Å². The van der Waals surface area contributed by atoms with Gasteiger partial charge in [0.15, 0.2) is 11.5 Å². The number of benzene rings is 2. The first-order chi connectivity index (χ1) is 13.4. The van der Waals surface area contributed by atoms with Crippen molar-refractivity contribution in [2.24, 2.45) is 0 Å². The van der Waals surface area contributed by atoms with Crippen LogP contribution >= 0.6 is 0 Å². The number of anilines is 1. The summed E-state index contributed by atoms with van der Waals surface area (Å²) in [5, 5.41) is 20.9. The Kier molecular flexibility index (Phi) is 5.39. The zero-order valence-electron chi connectivity index (χ0n) is 15.1. The lowest BCUT2D eigenvalue weighted by atomic mass is 10.1. The Labute approximate surface area is 160 Å². The van der Waals surface area contributed by atoms with Crippen LogP contribution in [0.15, 0.2) is 42.5 Å². The average Bonchev–Trinajstić information content (AvgIpc) is 3.12. The minimum absolute atomic E-state index is 0.0311. The third kappa shape index (κ3) is 3.85. The fraction of sp³-hybridized carbons (Fsp3) is 0.200. The van der Waals surface area contributed by atoms with Gasteiger partial charge in [-0.1, -0.05) is 18.2 Å². The standard InChI is InChI=1S/C20H18N2O6/c1-28-18-11-13(10-16(20(18)25)22(26)27)7-8-17(23)14-4-2-5-15(12-14)21-9-3-6-19(21)24/h2,4-5,7-8,10-12,25H,3,6,9H2,1H3/b8-7+. The molecule has 0 bridgehead atoms. The first kappa shape index (κ1) is 19.1. The second-order valence-electron chi connectivity index (χ2n) is 6.24. The Morgan fingerprint density at radius 1 is 1.32 bits per heavy atom. The lowest BCUT2D eigenvalue weighted by Crippen LogP contribution is -2.23. The van der Waals surface area contributed by atoms with E-state index in [1.165, 1.54) is 25.3 Å². The van der Waals surface area contributed by atoms with Crippen LogP contribution in [0.4, 0.5) is 11.4 Å². The fourth-order valence-electron chi connectivity index (χ4n) is 3.02. The molecule has 0 unspecified atom stereocenters. The van der Waals surface area contributed by atoms with Crippen molar-refractivity contribution in [1.29, 1.82) is 0 Å². The van der Waals surface area contributed by atoms with Gasteiger partial charge in [-0.25, -0.2) is 0 Å². The number of phenolic OH excluding ortho intramolecular Hbond substituents is 1. The van der Waals surface area contributed by atoms with Crippen molar-refractivity contribution < 1.29 is 24.4 Å². The van der Waals surface area contributed by atoms with Crippen LogP contribution in [0.25, 0.3) is 6.08 Å². The zero-order valence-corrected chi connectivity index (χ0v) is 15.1. The first-order valence-corrected chi connectivity index (χ1v) is 8.59. The molecule has 144 valence electrons. The van der Waals surface area contributed by atoms with E-state index < -0.39 is 16.4 Å². The molecule has 1 fully saturated rings. The Morgan fingerprint density at radius 3 is 2.75 bits per heavy atom. The third-order valence-corrected chi connectivity index (χ3v) is 4.44. The topological polar surface area (TPSA) is 110 Å². The molecule has 0 atom stereocenters. The van der Waals surface area contributed by atoms with Crippen LogP contribution in [-0.2, 0) is 4.79 Å². The maximum atomic E-state index is 12.5. The van der Waals surface area contributed by atoms with Gasteiger partial charge in [0, 0.05) is 30.3 Å². The molecule has 0 saturated carbocycles. The van der Waals surface area contributed by atoms with Crippen LogP contribution in [-0.4, -0.2) is 35.4 Å². The van der Waals surface area contributed by atoms with Crippen molar-refractivity contribution in [2.75, 3.05) is 18.6 Å². The number of phenols is 1. The third-order valence-electron chi connectivity index (χ3n) is 4.44. The molecular formula is C20H18N2O6. The number of rotatable bonds is 6. The lowest BCUT2D eigenvalue weighted by Gasteiger charge is -2.16. The van der Waals surface area contributed by atoms with Gasteiger partial charge in [-0.2, -0.15) is 0 Å². The summed E-state index contributed by atoms with van der Waals surface area (Å²) in [6.07, 6.45) is 3.98. The van der Waals surface area contributed by atoms with Gasteiger partial charge < -0.3 is 14.7 Å². The predicted octanol–water partition coefficient (Wildman–Crippen LogP) is 3.33. The number of aromatic hydroxyl groups is 1. The summed E-state index contributed by atoms with van der Waals surface area (Å²) in [4.78, 5) is 36.4. The smallest absolute Gasteiger partial charge is 0.315 e. The molecule has 0 spiro atoms. The summed E-state index contributed by atoms with van der Waals surface area (Å²) in [5.41, 5.74) is 0.888. The van der Waals surface area contributed by atoms with Gasteiger partial charge in [0.2, 0.25) is 11.7 Å². The van der Waals surface area contributed by atoms with Gasteiger partial charge in [0.25, 0.3) is 0 Å². The van der Waals surface area contributed by atoms with Gasteiger partial charge in [-0.05, 0) is 36.3 Å². The number of allylic oxidation sites excluding steroid dienone is 1. The molecule has 3 rings (SSSR count). The number of ketones is 1. The summed E-state index contributed by atoms with van der Waals surface area (Å²) in [6.45, 7) is 0.628. The summed E-state index contributed by atoms with van der Waals surface area (Å²) < 4.78 is 4.94. The summed E-state index contributed by atoms with van der Waals surface area (Å²) in [7, 11) is 1.28. The average molecular weight is 382 g/mol. The Balaban J connectivity index is 1.85. The van der Waals surface area contributed by atoms with E-state index in [1.54, 1.807) is 29.2 Å². The molecule has 2 aromatic carbocycles. The normalized spacial score (nSPS) is 13.9. The number of carbonyl (C=O) groups is 2. The summed E-state index contributed by atoms with van der Waals surface area (Å²) in [6, 6.07) is 9.31. The number of methoxy groups -OCH3 is 1. The van der Waals surface area contributed by atoms with Gasteiger partial charge >= 0.3 is 5.69 Å². The number of nitrogens with zero attached hydrogens (tertiary/aromatic N) is 2. The molecule has 8 nitrogen and oxygen atoms in total. The maximum Gasteiger partial charge on any atom is 0.315 e. The number of nitro benzene ring substituents is 1. The quantitative estimate of drug-likeness (QED) is 0.355. The first-order valence-electron chi connectivity index (χ1n) is 8.59. The Morgan fingerprint density at radius 2 is 2.11 bits per heavy atom. The second kappa shape index (κ2) is 7.91.